The summed E-state index contributed by atoms with van der Waals surface area (Å²) in [5.41, 5.74) is -0.535. The average molecular weight is 282 g/mol. The molecule has 1 aromatic rings. The van der Waals surface area contributed by atoms with E-state index in [-0.39, 0.29) is 0 Å². The molecule has 1 saturated heterocycles. The molecular formula is C13H22N4OS. The lowest BCUT2D eigenvalue weighted by molar-refractivity contribution is 0.0338. The summed E-state index contributed by atoms with van der Waals surface area (Å²) >= 11 is 1.67. The molecule has 0 radical (unpaired) electrons. The molecule has 0 aliphatic carbocycles. The van der Waals surface area contributed by atoms with E-state index in [1.807, 2.05) is 0 Å². The highest BCUT2D eigenvalue weighted by atomic mass is 32.2. The molecule has 0 atom stereocenters. The van der Waals surface area contributed by atoms with Gasteiger partial charge in [-0.15, -0.1) is 10.2 Å². The molecule has 0 spiro atoms. The number of nitrogens with one attached hydrogen (secondary N) is 1. The van der Waals surface area contributed by atoms with Crippen molar-refractivity contribution in [2.75, 3.05) is 18.8 Å². The Bertz CT molecular complexity index is 428. The van der Waals surface area contributed by atoms with E-state index in [1.165, 1.54) is 19.3 Å². The van der Waals surface area contributed by atoms with Crippen LogP contribution in [0.1, 0.15) is 37.9 Å². The normalized spacial score (nSPS) is 22.8. The number of rotatable bonds is 3. The van der Waals surface area contributed by atoms with Gasteiger partial charge in [-0.2, -0.15) is 0 Å². The van der Waals surface area contributed by atoms with Crippen LogP contribution in [0.15, 0.2) is 5.16 Å². The fourth-order valence-corrected chi connectivity index (χ4v) is 3.94. The highest BCUT2D eigenvalue weighted by Gasteiger charge is 2.30. The molecule has 3 heterocycles. The van der Waals surface area contributed by atoms with Gasteiger partial charge in [0.05, 0.1) is 5.60 Å². The molecule has 0 aromatic carbocycles. The molecule has 3 rings (SSSR count). The second kappa shape index (κ2) is 5.81. The van der Waals surface area contributed by atoms with E-state index in [1.54, 1.807) is 11.8 Å². The van der Waals surface area contributed by atoms with Crippen LogP contribution in [0.25, 0.3) is 0 Å². The van der Waals surface area contributed by atoms with E-state index < -0.39 is 5.60 Å². The van der Waals surface area contributed by atoms with Crippen LogP contribution >= 0.6 is 11.8 Å². The maximum absolute atomic E-state index is 10.5. The zero-order valence-corrected chi connectivity index (χ0v) is 12.1. The minimum atomic E-state index is -0.535. The number of hydrogen-bond donors (Lipinski definition) is 2. The molecule has 1 fully saturated rings. The number of aromatic nitrogens is 3. The van der Waals surface area contributed by atoms with E-state index in [9.17, 15) is 5.11 Å². The van der Waals surface area contributed by atoms with E-state index >= 15 is 0 Å². The lowest BCUT2D eigenvalue weighted by atomic mass is 9.95. The largest absolute Gasteiger partial charge is 0.389 e. The number of piperidine rings is 1. The fourth-order valence-electron chi connectivity index (χ4n) is 2.80. The summed E-state index contributed by atoms with van der Waals surface area (Å²) in [5.74, 6) is 1.85. The third kappa shape index (κ3) is 3.12. The third-order valence-corrected chi connectivity index (χ3v) is 5.32. The van der Waals surface area contributed by atoms with Crippen LogP contribution in [0.5, 0.6) is 0 Å². The Labute approximate surface area is 118 Å². The first-order valence-electron chi connectivity index (χ1n) is 7.25. The fraction of sp³-hybridized carbons (Fsp3) is 0.846. The number of thioether (sulfide) groups is 1. The quantitative estimate of drug-likeness (QED) is 0.816. The Hall–Kier alpha value is -0.590. The first-order valence-corrected chi connectivity index (χ1v) is 8.23. The summed E-state index contributed by atoms with van der Waals surface area (Å²) in [7, 11) is 0. The lowest BCUT2D eigenvalue weighted by Crippen LogP contribution is -2.43. The maximum atomic E-state index is 10.5. The lowest BCUT2D eigenvalue weighted by Gasteiger charge is -2.31. The van der Waals surface area contributed by atoms with Gasteiger partial charge in [-0.1, -0.05) is 18.2 Å². The molecule has 106 valence electrons. The second-order valence-corrected chi connectivity index (χ2v) is 6.57. The second-order valence-electron chi connectivity index (χ2n) is 5.62. The molecule has 2 N–H and O–H groups in total. The number of fused-ring (bicyclic) bond motifs is 1. The summed E-state index contributed by atoms with van der Waals surface area (Å²) in [6.07, 6.45) is 6.43. The van der Waals surface area contributed by atoms with Crippen LogP contribution in [0.2, 0.25) is 0 Å². The molecule has 0 saturated carbocycles. The number of hydrogen-bond acceptors (Lipinski definition) is 5. The standard InChI is InChI=1S/C13H22N4OS/c18-13(5-7-14-8-6-13)10-19-12-16-15-11-4-2-1-3-9-17(11)12/h14,18H,1-10H2. The topological polar surface area (TPSA) is 63.0 Å². The van der Waals surface area contributed by atoms with Gasteiger partial charge in [-0.3, -0.25) is 0 Å². The maximum Gasteiger partial charge on any atom is 0.191 e. The summed E-state index contributed by atoms with van der Waals surface area (Å²) in [4.78, 5) is 0. The molecule has 0 bridgehead atoms. The van der Waals surface area contributed by atoms with Gasteiger partial charge in [0.2, 0.25) is 0 Å². The van der Waals surface area contributed by atoms with Crippen LogP contribution in [0.4, 0.5) is 0 Å². The van der Waals surface area contributed by atoms with Crippen molar-refractivity contribution < 1.29 is 5.11 Å². The number of aliphatic hydroxyl groups is 1. The van der Waals surface area contributed by atoms with Crippen LogP contribution in [0.3, 0.4) is 0 Å². The molecule has 0 amide bonds. The van der Waals surface area contributed by atoms with E-state index in [4.69, 9.17) is 0 Å². The van der Waals surface area contributed by atoms with Gasteiger partial charge in [0.1, 0.15) is 5.82 Å². The van der Waals surface area contributed by atoms with Crippen LogP contribution in [-0.2, 0) is 13.0 Å². The van der Waals surface area contributed by atoms with E-state index in [0.717, 1.165) is 55.6 Å². The number of aryl methyl sites for hydroxylation is 1. The Morgan fingerprint density at radius 1 is 1.21 bits per heavy atom. The predicted molar refractivity (Wildman–Crippen MR) is 75.4 cm³/mol. The van der Waals surface area contributed by atoms with Gasteiger partial charge < -0.3 is 15.0 Å². The summed E-state index contributed by atoms with van der Waals surface area (Å²) in [6.45, 7) is 2.86. The van der Waals surface area contributed by atoms with Gasteiger partial charge >= 0.3 is 0 Å². The minimum Gasteiger partial charge on any atom is -0.389 e. The Morgan fingerprint density at radius 2 is 2.05 bits per heavy atom. The van der Waals surface area contributed by atoms with Crippen molar-refractivity contribution in [3.05, 3.63) is 5.82 Å². The molecule has 5 nitrogen and oxygen atoms in total. The van der Waals surface area contributed by atoms with E-state index in [0.29, 0.717) is 0 Å². The smallest absolute Gasteiger partial charge is 0.191 e. The zero-order chi connectivity index (χ0) is 13.1. The van der Waals surface area contributed by atoms with Crippen molar-refractivity contribution in [3.8, 4) is 0 Å². The summed E-state index contributed by atoms with van der Waals surface area (Å²) in [5, 5.41) is 23.4. The predicted octanol–water partition coefficient (Wildman–Crippen LogP) is 1.21. The molecule has 1 aromatic heterocycles. The Kier molecular flexibility index (Phi) is 4.10. The highest BCUT2D eigenvalue weighted by Crippen LogP contribution is 2.28. The van der Waals surface area contributed by atoms with Gasteiger partial charge in [-0.25, -0.2) is 0 Å². The summed E-state index contributed by atoms with van der Waals surface area (Å²) < 4.78 is 2.25. The molecule has 0 unspecified atom stereocenters. The first kappa shape index (κ1) is 13.4. The minimum absolute atomic E-state index is 0.535. The molecule has 2 aliphatic rings. The van der Waals surface area contributed by atoms with Crippen molar-refractivity contribution in [2.45, 2.75) is 55.8 Å². The first-order chi connectivity index (χ1) is 9.27. The monoisotopic (exact) mass is 282 g/mol. The van der Waals surface area contributed by atoms with Crippen molar-refractivity contribution in [3.63, 3.8) is 0 Å². The van der Waals surface area contributed by atoms with Crippen LogP contribution in [-0.4, -0.2) is 44.3 Å². The van der Waals surface area contributed by atoms with Crippen molar-refractivity contribution in [1.29, 1.82) is 0 Å². The molecule has 6 heteroatoms. The average Bonchev–Trinajstić information content (AvgIpc) is 2.65. The zero-order valence-electron chi connectivity index (χ0n) is 11.3. The Balaban J connectivity index is 1.65. The summed E-state index contributed by atoms with van der Waals surface area (Å²) in [6, 6.07) is 0. The molecule has 2 aliphatic heterocycles. The molecule has 19 heavy (non-hydrogen) atoms. The SMILES string of the molecule is OC1(CSc2nnc3n2CCCCC3)CCNCC1. The van der Waals surface area contributed by atoms with Crippen molar-refractivity contribution >= 4 is 11.8 Å². The van der Waals surface area contributed by atoms with Crippen molar-refractivity contribution in [2.24, 2.45) is 0 Å². The number of nitrogens with zero attached hydrogens (tertiary/aromatic N) is 3. The third-order valence-electron chi connectivity index (χ3n) is 4.08. The van der Waals surface area contributed by atoms with Gasteiger partial charge in [-0.05, 0) is 38.8 Å². The molecular weight excluding hydrogens is 260 g/mol. The van der Waals surface area contributed by atoms with Crippen molar-refractivity contribution in [1.82, 2.24) is 20.1 Å². The van der Waals surface area contributed by atoms with E-state index in [2.05, 4.69) is 20.1 Å². The van der Waals surface area contributed by atoms with Gasteiger partial charge in [0, 0.05) is 18.7 Å². The Morgan fingerprint density at radius 3 is 2.89 bits per heavy atom. The highest BCUT2D eigenvalue weighted by molar-refractivity contribution is 7.99. The van der Waals surface area contributed by atoms with Crippen LogP contribution in [0, 0.1) is 0 Å². The van der Waals surface area contributed by atoms with Gasteiger partial charge in [0.15, 0.2) is 5.16 Å². The van der Waals surface area contributed by atoms with Gasteiger partial charge in [0.25, 0.3) is 0 Å². The van der Waals surface area contributed by atoms with Crippen LogP contribution < -0.4 is 5.32 Å².